The number of pyridine rings is 1. The van der Waals surface area contributed by atoms with E-state index in [4.69, 9.17) is 4.74 Å². The molecule has 2 aromatic rings. The molecule has 2 saturated heterocycles. The molecular formula is C25H31N5O4S. The van der Waals surface area contributed by atoms with Gasteiger partial charge in [0.25, 0.3) is 11.8 Å². The summed E-state index contributed by atoms with van der Waals surface area (Å²) in [6, 6.07) is 3.44. The molecule has 1 aliphatic carbocycles. The molecule has 0 atom stereocenters. The Bertz CT molecular complexity index is 1080. The minimum atomic E-state index is -0.260. The summed E-state index contributed by atoms with van der Waals surface area (Å²) >= 11 is 1.52. The quantitative estimate of drug-likeness (QED) is 0.678. The van der Waals surface area contributed by atoms with Gasteiger partial charge in [0, 0.05) is 56.5 Å². The number of hydrogen-bond donors (Lipinski definition) is 1. The summed E-state index contributed by atoms with van der Waals surface area (Å²) in [7, 11) is 0. The van der Waals surface area contributed by atoms with Crippen LogP contribution < -0.4 is 5.32 Å². The highest BCUT2D eigenvalue weighted by Crippen LogP contribution is 2.39. The Morgan fingerprint density at radius 1 is 1.00 bits per heavy atom. The zero-order chi connectivity index (χ0) is 24.2. The Kier molecular flexibility index (Phi) is 7.40. The van der Waals surface area contributed by atoms with E-state index in [1.54, 1.807) is 18.3 Å². The van der Waals surface area contributed by atoms with E-state index in [1.165, 1.54) is 22.4 Å². The lowest BCUT2D eigenvalue weighted by Crippen LogP contribution is -2.53. The number of thiophene rings is 1. The third-order valence-electron chi connectivity index (χ3n) is 6.92. The smallest absolute Gasteiger partial charge is 0.257 e. The second-order valence-corrected chi connectivity index (χ2v) is 10.3. The Morgan fingerprint density at radius 2 is 1.74 bits per heavy atom. The molecule has 4 heterocycles. The van der Waals surface area contributed by atoms with Crippen LogP contribution in [0.1, 0.15) is 44.0 Å². The zero-order valence-corrected chi connectivity index (χ0v) is 20.6. The van der Waals surface area contributed by atoms with Crippen molar-refractivity contribution in [1.82, 2.24) is 19.7 Å². The van der Waals surface area contributed by atoms with Crippen molar-refractivity contribution < 1.29 is 19.1 Å². The van der Waals surface area contributed by atoms with Gasteiger partial charge in [0.1, 0.15) is 5.00 Å². The predicted molar refractivity (Wildman–Crippen MR) is 133 cm³/mol. The lowest BCUT2D eigenvalue weighted by molar-refractivity contribution is -0.134. The van der Waals surface area contributed by atoms with Crippen LogP contribution in [0.15, 0.2) is 24.5 Å². The summed E-state index contributed by atoms with van der Waals surface area (Å²) < 4.78 is 5.36. The number of amides is 3. The Hall–Kier alpha value is -2.82. The molecule has 35 heavy (non-hydrogen) atoms. The minimum Gasteiger partial charge on any atom is -0.379 e. The predicted octanol–water partition coefficient (Wildman–Crippen LogP) is 1.89. The standard InChI is InChI=1S/C25H31N5O4S/c31-21(17-28-12-14-34-15-13-28)29-8-10-30(11-9-29)25(33)22-19-5-1-2-6-20(19)35-24(22)27-23(32)18-4-3-7-26-16-18/h3-4,7,16H,1-2,5-6,8-15,17H2,(H,27,32). The summed E-state index contributed by atoms with van der Waals surface area (Å²) in [4.78, 5) is 50.3. The first-order valence-corrected chi connectivity index (χ1v) is 13.1. The highest BCUT2D eigenvalue weighted by atomic mass is 32.1. The van der Waals surface area contributed by atoms with Gasteiger partial charge in [0.05, 0.1) is 30.9 Å². The monoisotopic (exact) mass is 497 g/mol. The van der Waals surface area contributed by atoms with Crippen molar-refractivity contribution in [2.75, 3.05) is 64.3 Å². The third-order valence-corrected chi connectivity index (χ3v) is 8.13. The number of aromatic nitrogens is 1. The van der Waals surface area contributed by atoms with Gasteiger partial charge in [-0.05, 0) is 43.4 Å². The van der Waals surface area contributed by atoms with Gasteiger partial charge in [-0.2, -0.15) is 0 Å². The van der Waals surface area contributed by atoms with Crippen molar-refractivity contribution in [2.24, 2.45) is 0 Å². The van der Waals surface area contributed by atoms with Crippen LogP contribution in [0.25, 0.3) is 0 Å². The minimum absolute atomic E-state index is 0.0498. The summed E-state index contributed by atoms with van der Waals surface area (Å²) in [5, 5.41) is 3.61. The fourth-order valence-electron chi connectivity index (χ4n) is 4.92. The molecule has 2 aromatic heterocycles. The zero-order valence-electron chi connectivity index (χ0n) is 19.8. The summed E-state index contributed by atoms with van der Waals surface area (Å²) in [6.45, 7) is 5.34. The molecule has 0 radical (unpaired) electrons. The van der Waals surface area contributed by atoms with Crippen molar-refractivity contribution in [3.05, 3.63) is 46.1 Å². The molecule has 5 rings (SSSR count). The number of carbonyl (C=O) groups excluding carboxylic acids is 3. The van der Waals surface area contributed by atoms with Crippen molar-refractivity contribution in [3.63, 3.8) is 0 Å². The molecule has 3 amide bonds. The van der Waals surface area contributed by atoms with Gasteiger partial charge in [-0.3, -0.25) is 24.3 Å². The van der Waals surface area contributed by atoms with Gasteiger partial charge in [-0.1, -0.05) is 0 Å². The van der Waals surface area contributed by atoms with Crippen LogP contribution in [0.4, 0.5) is 5.00 Å². The van der Waals surface area contributed by atoms with E-state index < -0.39 is 0 Å². The normalized spacial score (nSPS) is 18.7. The first-order valence-electron chi connectivity index (χ1n) is 12.3. The number of morpholine rings is 1. The molecule has 0 saturated carbocycles. The van der Waals surface area contributed by atoms with Gasteiger partial charge < -0.3 is 19.9 Å². The van der Waals surface area contributed by atoms with Gasteiger partial charge in [-0.15, -0.1) is 11.3 Å². The van der Waals surface area contributed by atoms with Crippen LogP contribution in [0.2, 0.25) is 0 Å². The van der Waals surface area contributed by atoms with Gasteiger partial charge in [-0.25, -0.2) is 0 Å². The Morgan fingerprint density at radius 3 is 2.49 bits per heavy atom. The van der Waals surface area contributed by atoms with E-state index in [2.05, 4.69) is 15.2 Å². The van der Waals surface area contributed by atoms with Crippen molar-refractivity contribution in [3.8, 4) is 0 Å². The molecule has 1 N–H and O–H groups in total. The highest BCUT2D eigenvalue weighted by Gasteiger charge is 2.32. The third kappa shape index (κ3) is 5.39. The van der Waals surface area contributed by atoms with Crippen LogP contribution in [0.5, 0.6) is 0 Å². The molecule has 0 unspecified atom stereocenters. The molecule has 186 valence electrons. The Balaban J connectivity index is 1.27. The number of nitrogens with one attached hydrogen (secondary N) is 1. The molecule has 0 aromatic carbocycles. The first kappa shape index (κ1) is 23.9. The SMILES string of the molecule is O=C(Nc1sc2c(c1C(=O)N1CCN(C(=O)CN3CCOCC3)CC1)CCCC2)c1cccnc1. The number of ether oxygens (including phenoxy) is 1. The number of hydrogen-bond acceptors (Lipinski definition) is 7. The maximum Gasteiger partial charge on any atom is 0.257 e. The first-order chi connectivity index (χ1) is 17.1. The van der Waals surface area contributed by atoms with Crippen LogP contribution in [0, 0.1) is 0 Å². The number of aryl methyl sites for hydroxylation is 1. The van der Waals surface area contributed by atoms with Crippen LogP contribution in [0.3, 0.4) is 0 Å². The number of carbonyl (C=O) groups is 3. The number of fused-ring (bicyclic) bond motifs is 1. The molecule has 3 aliphatic rings. The lowest BCUT2D eigenvalue weighted by Gasteiger charge is -2.36. The van der Waals surface area contributed by atoms with Crippen LogP contribution >= 0.6 is 11.3 Å². The highest BCUT2D eigenvalue weighted by molar-refractivity contribution is 7.17. The van der Waals surface area contributed by atoms with E-state index >= 15 is 0 Å². The van der Waals surface area contributed by atoms with Crippen molar-refractivity contribution in [1.29, 1.82) is 0 Å². The Labute approximate surface area is 209 Å². The maximum atomic E-state index is 13.7. The summed E-state index contributed by atoms with van der Waals surface area (Å²) in [5.41, 5.74) is 2.18. The second kappa shape index (κ2) is 10.8. The van der Waals surface area contributed by atoms with Gasteiger partial charge >= 0.3 is 0 Å². The second-order valence-electron chi connectivity index (χ2n) is 9.17. The van der Waals surface area contributed by atoms with Crippen molar-refractivity contribution >= 4 is 34.1 Å². The van der Waals surface area contributed by atoms with E-state index in [0.717, 1.165) is 44.3 Å². The average molecular weight is 498 g/mol. The van der Waals surface area contributed by atoms with Gasteiger partial charge in [0.2, 0.25) is 5.91 Å². The van der Waals surface area contributed by atoms with E-state index in [9.17, 15) is 14.4 Å². The van der Waals surface area contributed by atoms with Gasteiger partial charge in [0.15, 0.2) is 0 Å². The molecule has 2 fully saturated rings. The molecule has 0 bridgehead atoms. The molecule has 2 aliphatic heterocycles. The van der Waals surface area contributed by atoms with E-state index in [1.807, 2.05) is 9.80 Å². The van der Waals surface area contributed by atoms with Crippen LogP contribution in [-0.2, 0) is 22.4 Å². The number of nitrogens with zero attached hydrogens (tertiary/aromatic N) is 4. The fraction of sp³-hybridized carbons (Fsp3) is 0.520. The summed E-state index contributed by atoms with van der Waals surface area (Å²) in [6.07, 6.45) is 7.09. The van der Waals surface area contributed by atoms with E-state index in [0.29, 0.717) is 62.1 Å². The topological polar surface area (TPSA) is 95.1 Å². The van der Waals surface area contributed by atoms with E-state index in [-0.39, 0.29) is 17.7 Å². The molecule has 10 heteroatoms. The number of anilines is 1. The number of rotatable bonds is 5. The largest absolute Gasteiger partial charge is 0.379 e. The average Bonchev–Trinajstić information content (AvgIpc) is 3.27. The summed E-state index contributed by atoms with van der Waals surface area (Å²) in [5.74, 6) is -0.202. The molecule has 9 nitrogen and oxygen atoms in total. The van der Waals surface area contributed by atoms with Crippen LogP contribution in [-0.4, -0.2) is 96.4 Å². The number of piperazine rings is 1. The van der Waals surface area contributed by atoms with Crippen molar-refractivity contribution in [2.45, 2.75) is 25.7 Å². The fourth-order valence-corrected chi connectivity index (χ4v) is 6.20. The molecular weight excluding hydrogens is 466 g/mol. The lowest BCUT2D eigenvalue weighted by atomic mass is 9.95. The maximum absolute atomic E-state index is 13.7. The molecule has 0 spiro atoms.